The Labute approximate surface area is 135 Å². The lowest BCUT2D eigenvalue weighted by molar-refractivity contribution is -0.142. The molecule has 0 radical (unpaired) electrons. The molecular weight excluding hydrogens is 290 g/mol. The van der Waals surface area contributed by atoms with E-state index in [1.807, 2.05) is 41.1 Å². The highest BCUT2D eigenvalue weighted by atomic mass is 16.5. The number of esters is 1. The molecule has 23 heavy (non-hydrogen) atoms. The number of rotatable bonds is 5. The summed E-state index contributed by atoms with van der Waals surface area (Å²) in [4.78, 5) is 11.9. The first-order valence-electron chi connectivity index (χ1n) is 7.34. The molecule has 1 aromatic heterocycles. The van der Waals surface area contributed by atoms with E-state index in [0.717, 1.165) is 16.5 Å². The zero-order chi connectivity index (χ0) is 16.8. The number of aromatic nitrogens is 1. The maximum Gasteiger partial charge on any atom is 0.349 e. The summed E-state index contributed by atoms with van der Waals surface area (Å²) in [5.41, 5.74) is 1.68. The predicted molar refractivity (Wildman–Crippen MR) is 87.0 cm³/mol. The number of para-hydroxylation sites is 1. The van der Waals surface area contributed by atoms with Crippen molar-refractivity contribution in [1.82, 2.24) is 4.57 Å². The van der Waals surface area contributed by atoms with E-state index in [2.05, 4.69) is 6.07 Å². The van der Waals surface area contributed by atoms with Crippen molar-refractivity contribution < 1.29 is 9.53 Å². The van der Waals surface area contributed by atoms with Gasteiger partial charge >= 0.3 is 5.97 Å². The molecule has 5 nitrogen and oxygen atoms in total. The van der Waals surface area contributed by atoms with Crippen LogP contribution in [0.4, 0.5) is 0 Å². The Morgan fingerprint density at radius 1 is 1.35 bits per heavy atom. The van der Waals surface area contributed by atoms with Crippen molar-refractivity contribution in [3.63, 3.8) is 0 Å². The van der Waals surface area contributed by atoms with Crippen LogP contribution in [0.25, 0.3) is 17.0 Å². The molecule has 0 unspecified atom stereocenters. The summed E-state index contributed by atoms with van der Waals surface area (Å²) >= 11 is 0. The Morgan fingerprint density at radius 2 is 2.09 bits per heavy atom. The van der Waals surface area contributed by atoms with Crippen LogP contribution in [0.1, 0.15) is 25.8 Å². The van der Waals surface area contributed by atoms with Crippen molar-refractivity contribution >= 4 is 22.9 Å². The van der Waals surface area contributed by atoms with Crippen LogP contribution in [-0.4, -0.2) is 16.6 Å². The van der Waals surface area contributed by atoms with Crippen LogP contribution in [0.3, 0.4) is 0 Å². The van der Waals surface area contributed by atoms with E-state index in [1.165, 1.54) is 6.08 Å². The second kappa shape index (κ2) is 7.29. The van der Waals surface area contributed by atoms with E-state index >= 15 is 0 Å². The summed E-state index contributed by atoms with van der Waals surface area (Å²) in [5.74, 6) is -0.628. The van der Waals surface area contributed by atoms with Gasteiger partial charge in [0.1, 0.15) is 11.6 Å². The maximum absolute atomic E-state index is 11.9. The largest absolute Gasteiger partial charge is 0.459 e. The van der Waals surface area contributed by atoms with Crippen LogP contribution in [-0.2, 0) is 16.1 Å². The molecule has 0 saturated heterocycles. The minimum atomic E-state index is -0.628. The van der Waals surface area contributed by atoms with Gasteiger partial charge in [-0.05, 0) is 26.0 Å². The van der Waals surface area contributed by atoms with Crippen molar-refractivity contribution in [2.75, 3.05) is 0 Å². The van der Waals surface area contributed by atoms with Gasteiger partial charge in [-0.25, -0.2) is 4.79 Å². The molecule has 1 heterocycles. The maximum atomic E-state index is 11.9. The minimum Gasteiger partial charge on any atom is -0.459 e. The van der Waals surface area contributed by atoms with Crippen molar-refractivity contribution in [1.29, 1.82) is 10.5 Å². The Kier molecular flexibility index (Phi) is 5.17. The number of hydrogen-bond acceptors (Lipinski definition) is 4. The molecule has 0 aliphatic heterocycles. The molecule has 0 fully saturated rings. The van der Waals surface area contributed by atoms with E-state index in [4.69, 9.17) is 10.00 Å². The van der Waals surface area contributed by atoms with Gasteiger partial charge in [-0.15, -0.1) is 0 Å². The molecule has 0 atom stereocenters. The number of benzene rings is 1. The number of nitriles is 2. The van der Waals surface area contributed by atoms with Crippen LogP contribution in [0, 0.1) is 22.7 Å². The summed E-state index contributed by atoms with van der Waals surface area (Å²) in [5, 5.41) is 18.9. The molecule has 0 amide bonds. The van der Waals surface area contributed by atoms with Gasteiger partial charge < -0.3 is 9.30 Å². The molecule has 0 saturated carbocycles. The van der Waals surface area contributed by atoms with Gasteiger partial charge in [0, 0.05) is 29.2 Å². The molecule has 2 aromatic rings. The molecule has 0 spiro atoms. The van der Waals surface area contributed by atoms with Crippen LogP contribution < -0.4 is 0 Å². The fourth-order valence-electron chi connectivity index (χ4n) is 2.32. The number of nitrogens with zero attached hydrogens (tertiary/aromatic N) is 3. The fourth-order valence-corrected chi connectivity index (χ4v) is 2.32. The molecule has 116 valence electrons. The highest BCUT2D eigenvalue weighted by Crippen LogP contribution is 2.24. The highest BCUT2D eigenvalue weighted by molar-refractivity contribution is 6.01. The predicted octanol–water partition coefficient (Wildman–Crippen LogP) is 3.41. The lowest BCUT2D eigenvalue weighted by atomic mass is 10.1. The van der Waals surface area contributed by atoms with E-state index in [-0.39, 0.29) is 11.7 Å². The van der Waals surface area contributed by atoms with E-state index in [0.29, 0.717) is 13.0 Å². The number of aryl methyl sites for hydroxylation is 1. The van der Waals surface area contributed by atoms with Gasteiger partial charge in [-0.2, -0.15) is 10.5 Å². The third kappa shape index (κ3) is 3.78. The summed E-state index contributed by atoms with van der Waals surface area (Å²) < 4.78 is 7.03. The highest BCUT2D eigenvalue weighted by Gasteiger charge is 2.14. The zero-order valence-corrected chi connectivity index (χ0v) is 13.1. The summed E-state index contributed by atoms with van der Waals surface area (Å²) in [6.07, 6.45) is 3.50. The van der Waals surface area contributed by atoms with E-state index < -0.39 is 5.97 Å². The average Bonchev–Trinajstić information content (AvgIpc) is 2.88. The fraction of sp³-hybridized carbons (Fsp3) is 0.278. The summed E-state index contributed by atoms with van der Waals surface area (Å²) in [6.45, 7) is 4.03. The molecule has 0 bridgehead atoms. The van der Waals surface area contributed by atoms with Crippen molar-refractivity contribution in [3.05, 3.63) is 41.6 Å². The second-order valence-corrected chi connectivity index (χ2v) is 5.33. The summed E-state index contributed by atoms with van der Waals surface area (Å²) in [6, 6.07) is 11.7. The molecule has 2 rings (SSSR count). The Bertz CT molecular complexity index is 832. The number of carbonyl (C=O) groups is 1. The Balaban J connectivity index is 2.46. The molecule has 1 aromatic carbocycles. The lowest BCUT2D eigenvalue weighted by Crippen LogP contribution is -2.12. The first kappa shape index (κ1) is 16.3. The first-order valence-corrected chi connectivity index (χ1v) is 7.34. The van der Waals surface area contributed by atoms with Crippen LogP contribution in [0.15, 0.2) is 36.0 Å². The van der Waals surface area contributed by atoms with Gasteiger partial charge in [-0.1, -0.05) is 18.2 Å². The average molecular weight is 307 g/mol. The number of fused-ring (bicyclic) bond motifs is 1. The van der Waals surface area contributed by atoms with Crippen LogP contribution in [0.5, 0.6) is 0 Å². The first-order chi connectivity index (χ1) is 11.1. The molecule has 0 aliphatic carbocycles. The van der Waals surface area contributed by atoms with Gasteiger partial charge in [0.05, 0.1) is 18.6 Å². The standard InChI is InChI=1S/C18H17N3O2/c1-13(2)23-18(22)14(11-20)10-15-12-21(9-5-8-19)17-7-4-3-6-16(15)17/h3-4,6-7,10,12-13H,5,9H2,1-2H3. The monoisotopic (exact) mass is 307 g/mol. The van der Waals surface area contributed by atoms with Gasteiger partial charge in [0.25, 0.3) is 0 Å². The Morgan fingerprint density at radius 3 is 2.74 bits per heavy atom. The summed E-state index contributed by atoms with van der Waals surface area (Å²) in [7, 11) is 0. The zero-order valence-electron chi connectivity index (χ0n) is 13.1. The SMILES string of the molecule is CC(C)OC(=O)C(C#N)=Cc1cn(CCC#N)c2ccccc12. The third-order valence-electron chi connectivity index (χ3n) is 3.27. The van der Waals surface area contributed by atoms with E-state index in [9.17, 15) is 10.1 Å². The van der Waals surface area contributed by atoms with Gasteiger partial charge in [-0.3, -0.25) is 0 Å². The number of hydrogen-bond donors (Lipinski definition) is 0. The molecule has 0 N–H and O–H groups in total. The molecule has 5 heteroatoms. The van der Waals surface area contributed by atoms with Crippen molar-refractivity contribution in [2.45, 2.75) is 32.9 Å². The lowest BCUT2D eigenvalue weighted by Gasteiger charge is -2.06. The van der Waals surface area contributed by atoms with Crippen LogP contribution in [0.2, 0.25) is 0 Å². The third-order valence-corrected chi connectivity index (χ3v) is 3.27. The second-order valence-electron chi connectivity index (χ2n) is 5.33. The number of ether oxygens (including phenoxy) is 1. The van der Waals surface area contributed by atoms with Gasteiger partial charge in [0.15, 0.2) is 0 Å². The smallest absolute Gasteiger partial charge is 0.349 e. The quantitative estimate of drug-likeness (QED) is 0.481. The molecular formula is C18H17N3O2. The van der Waals surface area contributed by atoms with Crippen molar-refractivity contribution in [2.24, 2.45) is 0 Å². The molecule has 0 aliphatic rings. The van der Waals surface area contributed by atoms with Gasteiger partial charge in [0.2, 0.25) is 0 Å². The Hall–Kier alpha value is -3.05. The van der Waals surface area contributed by atoms with Crippen LogP contribution >= 0.6 is 0 Å². The topological polar surface area (TPSA) is 78.8 Å². The normalized spacial score (nSPS) is 11.3. The van der Waals surface area contributed by atoms with E-state index in [1.54, 1.807) is 13.8 Å². The number of carbonyl (C=O) groups excluding carboxylic acids is 1. The minimum absolute atomic E-state index is 0.0399. The van der Waals surface area contributed by atoms with Crippen molar-refractivity contribution in [3.8, 4) is 12.1 Å².